The number of amides is 1. The fourth-order valence-electron chi connectivity index (χ4n) is 3.68. The molecule has 0 saturated carbocycles. The number of carbonyl (C=O) groups excluding carboxylic acids is 1. The van der Waals surface area contributed by atoms with Gasteiger partial charge in [-0.1, -0.05) is 6.07 Å². The first-order valence-corrected chi connectivity index (χ1v) is 9.56. The number of nitrogens with one attached hydrogen (secondary N) is 1. The second-order valence-electron chi connectivity index (χ2n) is 6.49. The molecule has 4 rings (SSSR count). The average Bonchev–Trinajstić information content (AvgIpc) is 3.19. The van der Waals surface area contributed by atoms with Crippen LogP contribution in [0.2, 0.25) is 0 Å². The van der Waals surface area contributed by atoms with Gasteiger partial charge >= 0.3 is 0 Å². The summed E-state index contributed by atoms with van der Waals surface area (Å²) < 4.78 is 45.7. The monoisotopic (exact) mass is 376 g/mol. The molecule has 136 valence electrons. The molecule has 2 aliphatic heterocycles. The maximum Gasteiger partial charge on any atom is 0.243 e. The van der Waals surface area contributed by atoms with Crippen LogP contribution in [-0.4, -0.2) is 38.8 Å². The van der Waals surface area contributed by atoms with Gasteiger partial charge in [0.2, 0.25) is 15.9 Å². The molecule has 1 spiro atoms. The van der Waals surface area contributed by atoms with Crippen LogP contribution < -0.4 is 10.1 Å². The van der Waals surface area contributed by atoms with Crippen molar-refractivity contribution in [3.63, 3.8) is 0 Å². The van der Waals surface area contributed by atoms with Crippen LogP contribution in [0.4, 0.5) is 10.1 Å². The second kappa shape index (κ2) is 5.78. The highest BCUT2D eigenvalue weighted by Gasteiger charge is 2.53. The molecule has 1 fully saturated rings. The highest BCUT2D eigenvalue weighted by atomic mass is 32.2. The summed E-state index contributed by atoms with van der Waals surface area (Å²) in [5.41, 5.74) is 0.448. The number of rotatable bonds is 3. The lowest BCUT2D eigenvalue weighted by atomic mass is 9.81. The van der Waals surface area contributed by atoms with Gasteiger partial charge in [-0.15, -0.1) is 0 Å². The van der Waals surface area contributed by atoms with E-state index in [9.17, 15) is 17.6 Å². The summed E-state index contributed by atoms with van der Waals surface area (Å²) in [7, 11) is -2.35. The summed E-state index contributed by atoms with van der Waals surface area (Å²) in [6, 6.07) is 10.2. The molecule has 0 aromatic heterocycles. The van der Waals surface area contributed by atoms with Crippen molar-refractivity contribution in [2.24, 2.45) is 0 Å². The number of fused-ring (bicyclic) bond motifs is 2. The van der Waals surface area contributed by atoms with Gasteiger partial charge in [-0.25, -0.2) is 12.8 Å². The van der Waals surface area contributed by atoms with E-state index in [4.69, 9.17) is 4.74 Å². The van der Waals surface area contributed by atoms with Gasteiger partial charge < -0.3 is 10.1 Å². The molecule has 0 radical (unpaired) electrons. The molecule has 2 aliphatic rings. The van der Waals surface area contributed by atoms with Crippen molar-refractivity contribution in [3.8, 4) is 5.75 Å². The Morgan fingerprint density at radius 2 is 2.04 bits per heavy atom. The normalized spacial score (nSPS) is 22.5. The van der Waals surface area contributed by atoms with E-state index in [2.05, 4.69) is 5.32 Å². The van der Waals surface area contributed by atoms with Gasteiger partial charge in [0, 0.05) is 18.8 Å². The predicted octanol–water partition coefficient (Wildman–Crippen LogP) is 2.12. The standard InChI is InChI=1S/C18H17FN2O4S/c1-25-13-5-6-16-15(10-13)18(17(22)20-16)7-8-21(11-18)26(23,24)14-4-2-3-12(19)9-14/h2-6,9-10H,7-8,11H2,1H3,(H,20,22)/t18-/m1/s1. The summed E-state index contributed by atoms with van der Waals surface area (Å²) in [4.78, 5) is 12.6. The average molecular weight is 376 g/mol. The van der Waals surface area contributed by atoms with Crippen molar-refractivity contribution in [2.45, 2.75) is 16.7 Å². The Kier molecular flexibility index (Phi) is 3.78. The van der Waals surface area contributed by atoms with Crippen molar-refractivity contribution in [1.29, 1.82) is 0 Å². The molecular formula is C18H17FN2O4S. The van der Waals surface area contributed by atoms with Gasteiger partial charge in [-0.05, 0) is 48.4 Å². The molecule has 2 aromatic carbocycles. The maximum atomic E-state index is 13.5. The minimum atomic E-state index is -3.88. The van der Waals surface area contributed by atoms with E-state index in [1.807, 2.05) is 0 Å². The summed E-state index contributed by atoms with van der Waals surface area (Å²) in [6.07, 6.45) is 0.355. The molecule has 2 aromatic rings. The quantitative estimate of drug-likeness (QED) is 0.890. The largest absolute Gasteiger partial charge is 0.497 e. The van der Waals surface area contributed by atoms with Gasteiger partial charge in [-0.3, -0.25) is 4.79 Å². The molecule has 0 aliphatic carbocycles. The summed E-state index contributed by atoms with van der Waals surface area (Å²) in [6.45, 7) is 0.195. The molecule has 8 heteroatoms. The second-order valence-corrected chi connectivity index (χ2v) is 8.43. The number of nitrogens with zero attached hydrogens (tertiary/aromatic N) is 1. The van der Waals surface area contributed by atoms with Gasteiger partial charge in [-0.2, -0.15) is 4.31 Å². The van der Waals surface area contributed by atoms with Crippen molar-refractivity contribution in [2.75, 3.05) is 25.5 Å². The fraction of sp³-hybridized carbons (Fsp3) is 0.278. The molecule has 1 N–H and O–H groups in total. The first-order chi connectivity index (χ1) is 12.4. The van der Waals surface area contributed by atoms with Crippen LogP contribution in [0.5, 0.6) is 5.75 Å². The third kappa shape index (κ3) is 2.40. The van der Waals surface area contributed by atoms with Crippen molar-refractivity contribution in [3.05, 3.63) is 53.8 Å². The third-order valence-corrected chi connectivity index (χ3v) is 6.93. The lowest BCUT2D eigenvalue weighted by Crippen LogP contribution is -2.39. The maximum absolute atomic E-state index is 13.5. The van der Waals surface area contributed by atoms with E-state index in [1.165, 1.54) is 29.6 Å². The number of benzene rings is 2. The van der Waals surface area contributed by atoms with E-state index in [0.717, 1.165) is 11.6 Å². The lowest BCUT2D eigenvalue weighted by Gasteiger charge is -2.22. The van der Waals surface area contributed by atoms with E-state index in [0.29, 0.717) is 17.9 Å². The number of methoxy groups -OCH3 is 1. The zero-order valence-electron chi connectivity index (χ0n) is 14.0. The Balaban J connectivity index is 1.72. The Hall–Kier alpha value is -2.45. The third-order valence-electron chi connectivity index (χ3n) is 5.09. The number of halogens is 1. The number of anilines is 1. The summed E-state index contributed by atoms with van der Waals surface area (Å²) in [5.74, 6) is -0.238. The molecule has 0 unspecified atom stereocenters. The summed E-state index contributed by atoms with van der Waals surface area (Å²) in [5, 5.41) is 2.83. The smallest absolute Gasteiger partial charge is 0.243 e. The minimum Gasteiger partial charge on any atom is -0.497 e. The molecule has 1 amide bonds. The Morgan fingerprint density at radius 1 is 1.23 bits per heavy atom. The van der Waals surface area contributed by atoms with Crippen molar-refractivity contribution >= 4 is 21.6 Å². The highest BCUT2D eigenvalue weighted by Crippen LogP contribution is 2.46. The molecule has 6 nitrogen and oxygen atoms in total. The molecule has 1 saturated heterocycles. The highest BCUT2D eigenvalue weighted by molar-refractivity contribution is 7.89. The number of ether oxygens (including phenoxy) is 1. The van der Waals surface area contributed by atoms with Crippen molar-refractivity contribution in [1.82, 2.24) is 4.31 Å². The van der Waals surface area contributed by atoms with E-state index < -0.39 is 21.3 Å². The number of sulfonamides is 1. The van der Waals surface area contributed by atoms with Crippen LogP contribution in [0.15, 0.2) is 47.4 Å². The van der Waals surface area contributed by atoms with E-state index in [1.54, 1.807) is 18.2 Å². The van der Waals surface area contributed by atoms with Gasteiger partial charge in [0.15, 0.2) is 0 Å². The lowest BCUT2D eigenvalue weighted by molar-refractivity contribution is -0.120. The van der Waals surface area contributed by atoms with Crippen LogP contribution in [0.1, 0.15) is 12.0 Å². The fourth-order valence-corrected chi connectivity index (χ4v) is 5.21. The Bertz CT molecular complexity index is 1010. The molecular weight excluding hydrogens is 359 g/mol. The predicted molar refractivity (Wildman–Crippen MR) is 93.1 cm³/mol. The van der Waals surface area contributed by atoms with Crippen LogP contribution in [0.25, 0.3) is 0 Å². The van der Waals surface area contributed by atoms with Crippen LogP contribution in [0, 0.1) is 5.82 Å². The minimum absolute atomic E-state index is 0.0118. The Morgan fingerprint density at radius 3 is 2.77 bits per heavy atom. The van der Waals surface area contributed by atoms with Crippen LogP contribution in [-0.2, 0) is 20.2 Å². The molecule has 0 bridgehead atoms. The van der Waals surface area contributed by atoms with Gasteiger partial charge in [0.1, 0.15) is 11.6 Å². The molecule has 1 atom stereocenters. The first kappa shape index (κ1) is 17.0. The zero-order chi connectivity index (χ0) is 18.5. The SMILES string of the molecule is COc1ccc2c(c1)[C@]1(CCN(S(=O)(=O)c3cccc(F)c3)C1)C(=O)N2. The first-order valence-electron chi connectivity index (χ1n) is 8.12. The van der Waals surface area contributed by atoms with E-state index >= 15 is 0 Å². The van der Waals surface area contributed by atoms with Crippen LogP contribution in [0.3, 0.4) is 0 Å². The zero-order valence-corrected chi connectivity index (χ0v) is 14.8. The van der Waals surface area contributed by atoms with Crippen molar-refractivity contribution < 1.29 is 22.3 Å². The Labute approximate surface area is 150 Å². The summed E-state index contributed by atoms with van der Waals surface area (Å²) >= 11 is 0. The van der Waals surface area contributed by atoms with Crippen LogP contribution >= 0.6 is 0 Å². The molecule has 2 heterocycles. The van der Waals surface area contributed by atoms with E-state index in [-0.39, 0.29) is 23.9 Å². The number of carbonyl (C=O) groups is 1. The number of hydrogen-bond acceptors (Lipinski definition) is 4. The molecule has 26 heavy (non-hydrogen) atoms. The number of hydrogen-bond donors (Lipinski definition) is 1. The topological polar surface area (TPSA) is 75.7 Å². The van der Waals surface area contributed by atoms with Gasteiger partial charge in [0.05, 0.1) is 17.4 Å². The van der Waals surface area contributed by atoms with Gasteiger partial charge in [0.25, 0.3) is 0 Å².